The molecule has 0 amide bonds. The smallest absolute Gasteiger partial charge is 0.268 e. The van der Waals surface area contributed by atoms with Crippen LogP contribution in [-0.4, -0.2) is 15.3 Å². The fourth-order valence-electron chi connectivity index (χ4n) is 0.884. The van der Waals surface area contributed by atoms with Crippen molar-refractivity contribution in [2.24, 2.45) is 0 Å². The van der Waals surface area contributed by atoms with E-state index in [0.717, 1.165) is 0 Å². The largest absolute Gasteiger partial charge is 0.506 e. The van der Waals surface area contributed by atoms with Crippen molar-refractivity contribution in [3.63, 3.8) is 0 Å². The first-order valence-electron chi connectivity index (χ1n) is 3.37. The first-order valence-corrected chi connectivity index (χ1v) is 3.75. The van der Waals surface area contributed by atoms with E-state index in [1.807, 2.05) is 4.98 Å². The summed E-state index contributed by atoms with van der Waals surface area (Å²) in [6, 6.07) is 0. The summed E-state index contributed by atoms with van der Waals surface area (Å²) < 4.78 is 24.3. The van der Waals surface area contributed by atoms with E-state index in [2.05, 4.69) is 0 Å². The van der Waals surface area contributed by atoms with Gasteiger partial charge < -0.3 is 10.1 Å². The lowest BCUT2D eigenvalue weighted by Gasteiger charge is -2.04. The first kappa shape index (κ1) is 10.6. The number of H-pyrrole nitrogens is 1. The molecule has 0 spiro atoms. The van der Waals surface area contributed by atoms with Crippen molar-refractivity contribution >= 4 is 16.8 Å². The van der Waals surface area contributed by atoms with Crippen LogP contribution >= 0.6 is 11.6 Å². The lowest BCUT2D eigenvalue weighted by atomic mass is 10.2. The van der Waals surface area contributed by atoms with E-state index < -0.39 is 34.1 Å². The molecule has 4 nitrogen and oxygen atoms in total. The number of hydrogen-bond donors (Lipinski definition) is 2. The minimum atomic E-state index is -3.00. The number of carbonyl (C=O) groups is 1. The van der Waals surface area contributed by atoms with Gasteiger partial charge in [-0.05, 0) is 11.6 Å². The maximum absolute atomic E-state index is 12.2. The number of pyridine rings is 1. The van der Waals surface area contributed by atoms with Gasteiger partial charge in [0.2, 0.25) is 0 Å². The van der Waals surface area contributed by atoms with Crippen LogP contribution in [0.3, 0.4) is 0 Å². The minimum Gasteiger partial charge on any atom is -0.506 e. The maximum Gasteiger partial charge on any atom is 0.268 e. The Bertz CT molecular complexity index is 429. The van der Waals surface area contributed by atoms with Gasteiger partial charge in [-0.2, -0.15) is 0 Å². The normalized spacial score (nSPS) is 10.6. The van der Waals surface area contributed by atoms with Crippen LogP contribution in [0.1, 0.15) is 22.3 Å². The highest BCUT2D eigenvalue weighted by Gasteiger charge is 2.21. The van der Waals surface area contributed by atoms with E-state index >= 15 is 0 Å². The number of rotatable bonds is 2. The van der Waals surface area contributed by atoms with Gasteiger partial charge in [0.1, 0.15) is 11.3 Å². The summed E-state index contributed by atoms with van der Waals surface area (Å²) in [5.41, 5.74) is -2.72. The van der Waals surface area contributed by atoms with Gasteiger partial charge in [0.15, 0.2) is 0 Å². The average molecular weight is 224 g/mol. The Kier molecular flexibility index (Phi) is 2.85. The Balaban J connectivity index is 3.49. The monoisotopic (exact) mass is 223 g/mol. The fraction of sp³-hybridized carbons (Fsp3) is 0.143. The van der Waals surface area contributed by atoms with Crippen LogP contribution in [-0.2, 0) is 0 Å². The second-order valence-corrected chi connectivity index (χ2v) is 2.71. The maximum atomic E-state index is 12.2. The van der Waals surface area contributed by atoms with Crippen LogP contribution in [0.15, 0.2) is 11.0 Å². The summed E-state index contributed by atoms with van der Waals surface area (Å²) in [5.74, 6) is -1.08. The fourth-order valence-corrected chi connectivity index (χ4v) is 1.06. The third-order valence-electron chi connectivity index (χ3n) is 1.53. The van der Waals surface area contributed by atoms with Gasteiger partial charge in [-0.1, -0.05) is 0 Å². The Morgan fingerprint density at radius 2 is 2.14 bits per heavy atom. The molecule has 7 heteroatoms. The van der Waals surface area contributed by atoms with Gasteiger partial charge >= 0.3 is 0 Å². The molecule has 2 N–H and O–H groups in total. The molecule has 0 saturated carbocycles. The molecule has 0 saturated heterocycles. The summed E-state index contributed by atoms with van der Waals surface area (Å²) in [5, 5.41) is 7.82. The number of aromatic hydroxyl groups is 1. The molecular formula is C7H4ClF2NO3. The van der Waals surface area contributed by atoms with E-state index in [9.17, 15) is 18.4 Å². The highest BCUT2D eigenvalue weighted by atomic mass is 35.5. The zero-order valence-corrected chi connectivity index (χ0v) is 7.31. The van der Waals surface area contributed by atoms with Gasteiger partial charge in [-0.3, -0.25) is 9.59 Å². The molecule has 0 aliphatic carbocycles. The number of aromatic nitrogens is 1. The van der Waals surface area contributed by atoms with Crippen molar-refractivity contribution in [1.29, 1.82) is 0 Å². The summed E-state index contributed by atoms with van der Waals surface area (Å²) in [7, 11) is 0. The highest BCUT2D eigenvalue weighted by Crippen LogP contribution is 2.28. The number of carbonyl (C=O) groups excluding carboxylic acids is 1. The number of nitrogens with one attached hydrogen (secondary N) is 1. The van der Waals surface area contributed by atoms with E-state index in [0.29, 0.717) is 6.20 Å². The van der Waals surface area contributed by atoms with E-state index in [1.165, 1.54) is 0 Å². The SMILES string of the molecule is O=C(Cl)c1c(O)c(C(F)F)c[nH]c1=O. The lowest BCUT2D eigenvalue weighted by molar-refractivity contribution is 0.107. The van der Waals surface area contributed by atoms with Crippen molar-refractivity contribution in [1.82, 2.24) is 4.98 Å². The van der Waals surface area contributed by atoms with Crippen LogP contribution in [0, 0.1) is 0 Å². The summed E-state index contributed by atoms with van der Waals surface area (Å²) in [4.78, 5) is 23.4. The Labute approximate surface area is 81.1 Å². The van der Waals surface area contributed by atoms with Gasteiger partial charge in [-0.25, -0.2) is 8.78 Å². The molecule has 0 aliphatic heterocycles. The molecule has 1 heterocycles. The Hall–Kier alpha value is -1.43. The molecule has 0 bridgehead atoms. The van der Waals surface area contributed by atoms with Crippen molar-refractivity contribution in [2.75, 3.05) is 0 Å². The molecule has 1 aromatic rings. The van der Waals surface area contributed by atoms with Crippen LogP contribution in [0.2, 0.25) is 0 Å². The third-order valence-corrected chi connectivity index (χ3v) is 1.72. The van der Waals surface area contributed by atoms with Gasteiger partial charge in [0, 0.05) is 6.20 Å². The lowest BCUT2D eigenvalue weighted by Crippen LogP contribution is -2.15. The third kappa shape index (κ3) is 1.74. The average Bonchev–Trinajstić information content (AvgIpc) is 2.02. The molecule has 0 aromatic carbocycles. The quantitative estimate of drug-likeness (QED) is 0.745. The predicted molar refractivity (Wildman–Crippen MR) is 43.9 cm³/mol. The molecule has 0 radical (unpaired) electrons. The summed E-state index contributed by atoms with van der Waals surface area (Å²) in [6.45, 7) is 0. The van der Waals surface area contributed by atoms with E-state index in [-0.39, 0.29) is 0 Å². The summed E-state index contributed by atoms with van der Waals surface area (Å²) >= 11 is 4.93. The molecule has 0 atom stereocenters. The van der Waals surface area contributed by atoms with Crippen molar-refractivity contribution < 1.29 is 18.7 Å². The van der Waals surface area contributed by atoms with Crippen LogP contribution in [0.4, 0.5) is 8.78 Å². The molecule has 14 heavy (non-hydrogen) atoms. The standard InChI is InChI=1S/C7H4ClF2NO3/c8-5(13)3-4(12)2(6(9)10)1-11-7(3)14/h1,6H,(H2,11,12,14). The molecule has 76 valence electrons. The van der Waals surface area contributed by atoms with Gasteiger partial charge in [0.25, 0.3) is 17.2 Å². The second kappa shape index (κ2) is 3.75. The molecule has 0 aliphatic rings. The van der Waals surface area contributed by atoms with Crippen LogP contribution < -0.4 is 5.56 Å². The van der Waals surface area contributed by atoms with E-state index in [1.54, 1.807) is 0 Å². The topological polar surface area (TPSA) is 70.2 Å². The number of alkyl halides is 2. The molecule has 0 unspecified atom stereocenters. The number of aromatic amines is 1. The molecule has 1 aromatic heterocycles. The van der Waals surface area contributed by atoms with Crippen LogP contribution in [0.25, 0.3) is 0 Å². The molecular weight excluding hydrogens is 220 g/mol. The Morgan fingerprint density at radius 1 is 1.57 bits per heavy atom. The predicted octanol–water partition coefficient (Wildman–Crippen LogP) is 1.40. The van der Waals surface area contributed by atoms with Crippen molar-refractivity contribution in [2.45, 2.75) is 6.43 Å². The summed E-state index contributed by atoms with van der Waals surface area (Å²) in [6.07, 6.45) is -2.37. The van der Waals surface area contributed by atoms with E-state index in [4.69, 9.17) is 16.7 Å². The molecule has 1 rings (SSSR count). The highest BCUT2D eigenvalue weighted by molar-refractivity contribution is 6.68. The van der Waals surface area contributed by atoms with Crippen LogP contribution in [0.5, 0.6) is 5.75 Å². The zero-order chi connectivity index (χ0) is 10.9. The molecule has 0 fully saturated rings. The van der Waals surface area contributed by atoms with Gasteiger partial charge in [0.05, 0.1) is 5.56 Å². The van der Waals surface area contributed by atoms with Crippen molar-refractivity contribution in [3.8, 4) is 5.75 Å². The van der Waals surface area contributed by atoms with Crippen molar-refractivity contribution in [3.05, 3.63) is 27.7 Å². The minimum absolute atomic E-state index is 0.631. The number of hydrogen-bond acceptors (Lipinski definition) is 3. The zero-order valence-electron chi connectivity index (χ0n) is 6.55. The number of halogens is 3. The van der Waals surface area contributed by atoms with Gasteiger partial charge in [-0.15, -0.1) is 0 Å². The second-order valence-electron chi connectivity index (χ2n) is 2.37. The Morgan fingerprint density at radius 3 is 2.57 bits per heavy atom. The first-order chi connectivity index (χ1) is 6.45.